The van der Waals surface area contributed by atoms with Crippen LogP contribution in [0.3, 0.4) is 0 Å². The van der Waals surface area contributed by atoms with Crippen LogP contribution in [-0.4, -0.2) is 36.7 Å². The summed E-state index contributed by atoms with van der Waals surface area (Å²) in [7, 11) is 0. The molecule has 0 radical (unpaired) electrons. The maximum absolute atomic E-state index is 13.1. The molecule has 1 aromatic rings. The van der Waals surface area contributed by atoms with Crippen LogP contribution in [-0.2, 0) is 19.1 Å². The van der Waals surface area contributed by atoms with Crippen LogP contribution in [0.4, 0.5) is 5.69 Å². The maximum Gasteiger partial charge on any atom is 0.312 e. The molecule has 0 N–H and O–H groups in total. The molecule has 26 heavy (non-hydrogen) atoms. The number of halogens is 1. The van der Waals surface area contributed by atoms with Crippen molar-refractivity contribution in [2.75, 3.05) is 18.1 Å². The number of carbonyl (C=O) groups excluding carboxylic acids is 2. The van der Waals surface area contributed by atoms with Crippen molar-refractivity contribution in [2.45, 2.75) is 37.9 Å². The molecule has 2 fully saturated rings. The zero-order valence-corrected chi connectivity index (χ0v) is 15.4. The Morgan fingerprint density at radius 1 is 1.35 bits per heavy atom. The Kier molecular flexibility index (Phi) is 4.53. The van der Waals surface area contributed by atoms with Crippen molar-refractivity contribution in [3.8, 4) is 0 Å². The van der Waals surface area contributed by atoms with E-state index in [0.717, 1.165) is 24.9 Å². The summed E-state index contributed by atoms with van der Waals surface area (Å²) >= 11 is 5.95. The first-order valence-electron chi connectivity index (χ1n) is 9.16. The van der Waals surface area contributed by atoms with Gasteiger partial charge in [-0.05, 0) is 30.7 Å². The normalized spacial score (nSPS) is 31.5. The third-order valence-electron chi connectivity index (χ3n) is 5.50. The molecular weight excluding hydrogens is 354 g/mol. The van der Waals surface area contributed by atoms with Gasteiger partial charge in [-0.25, -0.2) is 0 Å². The molecule has 3 heterocycles. The molecule has 0 unspecified atom stereocenters. The quantitative estimate of drug-likeness (QED) is 0.434. The van der Waals surface area contributed by atoms with Crippen LogP contribution in [0.5, 0.6) is 0 Å². The lowest BCUT2D eigenvalue weighted by Gasteiger charge is -2.22. The van der Waals surface area contributed by atoms with Crippen LogP contribution in [0.25, 0.3) is 0 Å². The molecule has 138 valence electrons. The number of amides is 1. The van der Waals surface area contributed by atoms with E-state index < -0.39 is 17.4 Å². The van der Waals surface area contributed by atoms with Gasteiger partial charge in [-0.2, -0.15) is 0 Å². The Morgan fingerprint density at radius 2 is 2.12 bits per heavy atom. The van der Waals surface area contributed by atoms with Gasteiger partial charge < -0.3 is 14.4 Å². The molecule has 3 aliphatic heterocycles. The van der Waals surface area contributed by atoms with Gasteiger partial charge in [0.1, 0.15) is 11.5 Å². The monoisotopic (exact) mass is 375 g/mol. The summed E-state index contributed by atoms with van der Waals surface area (Å²) in [5.41, 5.74) is 0.0350. The molecule has 1 aromatic carbocycles. The fourth-order valence-electron chi connectivity index (χ4n) is 4.23. The summed E-state index contributed by atoms with van der Waals surface area (Å²) in [6.07, 6.45) is 6.40. The number of hydrogen-bond acceptors (Lipinski definition) is 4. The lowest BCUT2D eigenvalue weighted by Crippen LogP contribution is -2.40. The van der Waals surface area contributed by atoms with Crippen molar-refractivity contribution >= 4 is 29.2 Å². The molecule has 0 saturated carbocycles. The standard InChI is InChI=1S/C20H22ClNO4/c1-2-3-4-11-25-19(24)16-15-9-10-20(26-15)12-22(18(23)17(16)20)14-7-5-13(21)6-8-14/h5-10,15-17H,2-4,11-12H2,1H3/t15-,16+,17+,20+/m1/s1. The Morgan fingerprint density at radius 3 is 2.85 bits per heavy atom. The van der Waals surface area contributed by atoms with Crippen LogP contribution in [0.15, 0.2) is 36.4 Å². The van der Waals surface area contributed by atoms with Gasteiger partial charge in [0.25, 0.3) is 0 Å². The minimum absolute atomic E-state index is 0.0883. The number of esters is 1. The summed E-state index contributed by atoms with van der Waals surface area (Å²) in [6.45, 7) is 2.90. The lowest BCUT2D eigenvalue weighted by atomic mass is 9.77. The summed E-state index contributed by atoms with van der Waals surface area (Å²) in [5.74, 6) is -1.50. The first-order chi connectivity index (χ1) is 12.6. The molecule has 5 nitrogen and oxygen atoms in total. The number of ether oxygens (including phenoxy) is 2. The zero-order valence-electron chi connectivity index (χ0n) is 14.7. The predicted molar refractivity (Wildman–Crippen MR) is 98.0 cm³/mol. The van der Waals surface area contributed by atoms with E-state index in [1.165, 1.54) is 0 Å². The van der Waals surface area contributed by atoms with E-state index in [1.807, 2.05) is 24.3 Å². The van der Waals surface area contributed by atoms with Crippen LogP contribution in [0, 0.1) is 11.8 Å². The van der Waals surface area contributed by atoms with Gasteiger partial charge in [-0.3, -0.25) is 9.59 Å². The highest BCUT2D eigenvalue weighted by Gasteiger charge is 2.67. The van der Waals surface area contributed by atoms with Gasteiger partial charge in [-0.1, -0.05) is 43.5 Å². The van der Waals surface area contributed by atoms with Crippen molar-refractivity contribution < 1.29 is 19.1 Å². The van der Waals surface area contributed by atoms with E-state index in [-0.39, 0.29) is 18.0 Å². The van der Waals surface area contributed by atoms with E-state index in [0.29, 0.717) is 18.2 Å². The topological polar surface area (TPSA) is 55.8 Å². The fraction of sp³-hybridized carbons (Fsp3) is 0.500. The summed E-state index contributed by atoms with van der Waals surface area (Å²) in [4.78, 5) is 27.5. The number of anilines is 1. The minimum atomic E-state index is -0.728. The number of carbonyl (C=O) groups is 2. The van der Waals surface area contributed by atoms with Crippen molar-refractivity contribution in [2.24, 2.45) is 11.8 Å². The average Bonchev–Trinajstić information content (AvgIpc) is 3.28. The largest absolute Gasteiger partial charge is 0.465 e. The molecule has 1 spiro atoms. The second-order valence-electron chi connectivity index (χ2n) is 7.18. The Bertz CT molecular complexity index is 747. The van der Waals surface area contributed by atoms with E-state index in [4.69, 9.17) is 21.1 Å². The molecule has 4 rings (SSSR count). The minimum Gasteiger partial charge on any atom is -0.465 e. The Hall–Kier alpha value is -1.85. The average molecular weight is 376 g/mol. The molecular formula is C20H22ClNO4. The van der Waals surface area contributed by atoms with Crippen molar-refractivity contribution in [3.63, 3.8) is 0 Å². The molecule has 6 heteroatoms. The van der Waals surface area contributed by atoms with Gasteiger partial charge >= 0.3 is 5.97 Å². The second-order valence-corrected chi connectivity index (χ2v) is 7.61. The van der Waals surface area contributed by atoms with Crippen LogP contribution < -0.4 is 4.90 Å². The van der Waals surface area contributed by atoms with Crippen LogP contribution in [0.1, 0.15) is 26.2 Å². The summed E-state index contributed by atoms with van der Waals surface area (Å²) in [5, 5.41) is 0.615. The molecule has 2 saturated heterocycles. The third kappa shape index (κ3) is 2.74. The fourth-order valence-corrected chi connectivity index (χ4v) is 4.35. The number of hydrogen-bond donors (Lipinski definition) is 0. The van der Waals surface area contributed by atoms with E-state index in [9.17, 15) is 9.59 Å². The number of nitrogens with zero attached hydrogens (tertiary/aromatic N) is 1. The second kappa shape index (κ2) is 6.71. The molecule has 4 atom stereocenters. The maximum atomic E-state index is 13.1. The predicted octanol–water partition coefficient (Wildman–Crippen LogP) is 3.36. The first kappa shape index (κ1) is 17.6. The highest BCUT2D eigenvalue weighted by atomic mass is 35.5. The Labute approximate surface area is 157 Å². The lowest BCUT2D eigenvalue weighted by molar-refractivity contribution is -0.152. The van der Waals surface area contributed by atoms with E-state index >= 15 is 0 Å². The molecule has 1 amide bonds. The van der Waals surface area contributed by atoms with Gasteiger partial charge in [0, 0.05) is 10.7 Å². The summed E-state index contributed by atoms with van der Waals surface area (Å²) < 4.78 is 11.5. The van der Waals surface area contributed by atoms with Crippen molar-refractivity contribution in [3.05, 3.63) is 41.4 Å². The molecule has 0 aromatic heterocycles. The first-order valence-corrected chi connectivity index (χ1v) is 9.54. The highest BCUT2D eigenvalue weighted by molar-refractivity contribution is 6.30. The zero-order chi connectivity index (χ0) is 18.3. The number of rotatable bonds is 6. The highest BCUT2D eigenvalue weighted by Crippen LogP contribution is 2.52. The van der Waals surface area contributed by atoms with Gasteiger partial charge in [0.05, 0.1) is 25.2 Å². The number of fused-ring (bicyclic) bond motifs is 1. The van der Waals surface area contributed by atoms with E-state index in [1.54, 1.807) is 17.0 Å². The van der Waals surface area contributed by atoms with Gasteiger partial charge in [-0.15, -0.1) is 0 Å². The third-order valence-corrected chi connectivity index (χ3v) is 5.75. The molecule has 0 aliphatic carbocycles. The van der Waals surface area contributed by atoms with Crippen molar-refractivity contribution in [1.29, 1.82) is 0 Å². The van der Waals surface area contributed by atoms with Crippen LogP contribution in [0.2, 0.25) is 5.02 Å². The molecule has 2 bridgehead atoms. The van der Waals surface area contributed by atoms with Gasteiger partial charge in [0.2, 0.25) is 5.91 Å². The van der Waals surface area contributed by atoms with Crippen molar-refractivity contribution in [1.82, 2.24) is 0 Å². The van der Waals surface area contributed by atoms with E-state index in [2.05, 4.69) is 6.92 Å². The Balaban J connectivity index is 1.53. The van der Waals surface area contributed by atoms with Gasteiger partial charge in [0.15, 0.2) is 0 Å². The number of unbranched alkanes of at least 4 members (excludes halogenated alkanes) is 2. The molecule has 3 aliphatic rings. The smallest absolute Gasteiger partial charge is 0.312 e. The SMILES string of the molecule is CCCCCOC(=O)[C@@H]1[C@H]2C(=O)N(c3ccc(Cl)cc3)C[C@@]23C=C[C@H]1O3. The van der Waals surface area contributed by atoms with Crippen LogP contribution >= 0.6 is 11.6 Å². The summed E-state index contributed by atoms with van der Waals surface area (Å²) in [6, 6.07) is 7.13. The number of benzene rings is 1.